The van der Waals surface area contributed by atoms with Gasteiger partial charge in [0.05, 0.1) is 0 Å². The highest BCUT2D eigenvalue weighted by atomic mass is 14.4. The lowest BCUT2D eigenvalue weighted by Gasteiger charge is -2.39. The molecule has 4 atom stereocenters. The Balaban J connectivity index is 1.87. The lowest BCUT2D eigenvalue weighted by Crippen LogP contribution is -2.29. The van der Waals surface area contributed by atoms with Gasteiger partial charge in [-0.3, -0.25) is 0 Å². The van der Waals surface area contributed by atoms with Gasteiger partial charge in [-0.25, -0.2) is 0 Å². The Morgan fingerprint density at radius 2 is 1.95 bits per heavy atom. The Labute approximate surface area is 119 Å². The normalized spacial score (nSPS) is 38.9. The van der Waals surface area contributed by atoms with Gasteiger partial charge in [0, 0.05) is 0 Å². The molecular weight excluding hydrogens is 228 g/mol. The minimum atomic E-state index is 0.828. The van der Waals surface area contributed by atoms with Crippen LogP contribution in [-0.4, -0.2) is 0 Å². The fourth-order valence-electron chi connectivity index (χ4n) is 4.86. The maximum Gasteiger partial charge on any atom is -0.00141 e. The Morgan fingerprint density at radius 1 is 1.11 bits per heavy atom. The van der Waals surface area contributed by atoms with Crippen LogP contribution in [0.25, 0.3) is 0 Å². The summed E-state index contributed by atoms with van der Waals surface area (Å²) in [6.07, 6.45) is 15.1. The molecule has 3 aliphatic rings. The zero-order chi connectivity index (χ0) is 13.4. The minimum absolute atomic E-state index is 0.828. The van der Waals surface area contributed by atoms with Gasteiger partial charge in [-0.2, -0.15) is 0 Å². The van der Waals surface area contributed by atoms with E-state index < -0.39 is 0 Å². The van der Waals surface area contributed by atoms with Gasteiger partial charge in [0.25, 0.3) is 0 Å². The summed E-state index contributed by atoms with van der Waals surface area (Å²) >= 11 is 0. The SMILES string of the molecule is CC1CCC(C(C)C)C(C2=C3CCCCC3C=C2)C1. The van der Waals surface area contributed by atoms with Crippen LogP contribution in [-0.2, 0) is 0 Å². The summed E-state index contributed by atoms with van der Waals surface area (Å²) in [5.74, 6) is 4.42. The zero-order valence-corrected chi connectivity index (χ0v) is 13.0. The largest absolute Gasteiger partial charge is 0.0770 e. The van der Waals surface area contributed by atoms with Crippen molar-refractivity contribution in [2.45, 2.75) is 65.7 Å². The van der Waals surface area contributed by atoms with Crippen molar-refractivity contribution in [2.75, 3.05) is 0 Å². The first-order chi connectivity index (χ1) is 9.16. The predicted octanol–water partition coefficient (Wildman–Crippen LogP) is 5.75. The Hall–Kier alpha value is -0.520. The number of hydrogen-bond acceptors (Lipinski definition) is 0. The molecule has 0 aliphatic heterocycles. The molecule has 0 saturated heterocycles. The molecule has 0 radical (unpaired) electrons. The van der Waals surface area contributed by atoms with E-state index in [2.05, 4.69) is 32.9 Å². The molecule has 3 rings (SSSR count). The van der Waals surface area contributed by atoms with Crippen LogP contribution in [0.5, 0.6) is 0 Å². The van der Waals surface area contributed by atoms with Crippen LogP contribution in [0.3, 0.4) is 0 Å². The summed E-state index contributed by atoms with van der Waals surface area (Å²) < 4.78 is 0. The first-order valence-electron chi connectivity index (χ1n) is 8.58. The van der Waals surface area contributed by atoms with E-state index in [0.29, 0.717) is 0 Å². The van der Waals surface area contributed by atoms with Crippen LogP contribution in [0, 0.1) is 29.6 Å². The fourth-order valence-corrected chi connectivity index (χ4v) is 4.86. The fraction of sp³-hybridized carbons (Fsp3) is 0.789. The third-order valence-electron chi connectivity index (χ3n) is 5.96. The summed E-state index contributed by atoms with van der Waals surface area (Å²) in [5.41, 5.74) is 3.63. The van der Waals surface area contributed by atoms with Crippen LogP contribution in [0.15, 0.2) is 23.3 Å². The number of hydrogen-bond donors (Lipinski definition) is 0. The molecule has 0 aromatic rings. The number of allylic oxidation sites excluding steroid dienone is 4. The van der Waals surface area contributed by atoms with Gasteiger partial charge >= 0.3 is 0 Å². The summed E-state index contributed by atoms with van der Waals surface area (Å²) in [5, 5.41) is 0. The molecule has 19 heavy (non-hydrogen) atoms. The van der Waals surface area contributed by atoms with E-state index in [9.17, 15) is 0 Å². The van der Waals surface area contributed by atoms with E-state index in [4.69, 9.17) is 0 Å². The van der Waals surface area contributed by atoms with Crippen LogP contribution < -0.4 is 0 Å². The minimum Gasteiger partial charge on any atom is -0.0770 e. The molecule has 2 saturated carbocycles. The molecule has 0 spiro atoms. The molecule has 0 aromatic carbocycles. The van der Waals surface area contributed by atoms with Crippen molar-refractivity contribution in [3.8, 4) is 0 Å². The van der Waals surface area contributed by atoms with Crippen molar-refractivity contribution >= 4 is 0 Å². The van der Waals surface area contributed by atoms with E-state index in [1.165, 1.54) is 44.9 Å². The number of rotatable bonds is 2. The quantitative estimate of drug-likeness (QED) is 0.591. The summed E-state index contributed by atoms with van der Waals surface area (Å²) in [6, 6.07) is 0. The molecule has 0 heterocycles. The molecule has 0 amide bonds. The van der Waals surface area contributed by atoms with E-state index in [0.717, 1.165) is 29.6 Å². The monoisotopic (exact) mass is 258 g/mol. The Bertz CT molecular complexity index is 385. The van der Waals surface area contributed by atoms with Crippen molar-refractivity contribution in [3.05, 3.63) is 23.3 Å². The third-order valence-corrected chi connectivity index (χ3v) is 5.96. The van der Waals surface area contributed by atoms with Gasteiger partial charge in [-0.05, 0) is 67.3 Å². The predicted molar refractivity (Wildman–Crippen MR) is 83.0 cm³/mol. The summed E-state index contributed by atoms with van der Waals surface area (Å²) in [7, 11) is 0. The molecule has 3 aliphatic carbocycles. The lowest BCUT2D eigenvalue weighted by molar-refractivity contribution is 0.171. The van der Waals surface area contributed by atoms with E-state index in [-0.39, 0.29) is 0 Å². The molecule has 0 bridgehead atoms. The molecular formula is C19H30. The maximum atomic E-state index is 2.53. The molecule has 0 nitrogen and oxygen atoms in total. The molecule has 0 aromatic heterocycles. The second kappa shape index (κ2) is 5.46. The maximum absolute atomic E-state index is 2.53. The van der Waals surface area contributed by atoms with Crippen LogP contribution in [0.2, 0.25) is 0 Å². The van der Waals surface area contributed by atoms with Crippen LogP contribution in [0.4, 0.5) is 0 Å². The lowest BCUT2D eigenvalue weighted by atomic mass is 9.66. The van der Waals surface area contributed by atoms with Crippen LogP contribution >= 0.6 is 0 Å². The summed E-state index contributed by atoms with van der Waals surface area (Å²) in [4.78, 5) is 0. The highest BCUT2D eigenvalue weighted by Crippen LogP contribution is 2.48. The Morgan fingerprint density at radius 3 is 2.74 bits per heavy atom. The van der Waals surface area contributed by atoms with Gasteiger partial charge in [0.15, 0.2) is 0 Å². The smallest absolute Gasteiger partial charge is 0.00141 e. The van der Waals surface area contributed by atoms with Gasteiger partial charge in [0.1, 0.15) is 0 Å². The first-order valence-corrected chi connectivity index (χ1v) is 8.58. The van der Waals surface area contributed by atoms with E-state index >= 15 is 0 Å². The second-order valence-electron chi connectivity index (χ2n) is 7.62. The van der Waals surface area contributed by atoms with Gasteiger partial charge < -0.3 is 0 Å². The average Bonchev–Trinajstić information content (AvgIpc) is 2.82. The third kappa shape index (κ3) is 2.56. The topological polar surface area (TPSA) is 0 Å². The Kier molecular flexibility index (Phi) is 3.87. The van der Waals surface area contributed by atoms with Crippen molar-refractivity contribution in [3.63, 3.8) is 0 Å². The molecule has 0 heteroatoms. The van der Waals surface area contributed by atoms with E-state index in [1.54, 1.807) is 5.57 Å². The molecule has 4 unspecified atom stereocenters. The zero-order valence-electron chi connectivity index (χ0n) is 13.0. The van der Waals surface area contributed by atoms with Crippen molar-refractivity contribution < 1.29 is 0 Å². The number of fused-ring (bicyclic) bond motifs is 1. The van der Waals surface area contributed by atoms with Crippen molar-refractivity contribution in [1.82, 2.24) is 0 Å². The van der Waals surface area contributed by atoms with Gasteiger partial charge in [-0.15, -0.1) is 0 Å². The highest BCUT2D eigenvalue weighted by Gasteiger charge is 2.36. The second-order valence-corrected chi connectivity index (χ2v) is 7.62. The molecule has 106 valence electrons. The standard InChI is InChI=1S/C19H30/c1-13(2)16-10-8-14(3)12-19(16)18-11-9-15-6-4-5-7-17(15)18/h9,11,13-16,19H,4-8,10,12H2,1-3H3. The van der Waals surface area contributed by atoms with Gasteiger partial charge in [-0.1, -0.05) is 51.3 Å². The van der Waals surface area contributed by atoms with E-state index in [1.807, 2.05) is 5.57 Å². The van der Waals surface area contributed by atoms with Crippen LogP contribution in [0.1, 0.15) is 65.7 Å². The molecule has 2 fully saturated rings. The summed E-state index contributed by atoms with van der Waals surface area (Å²) in [6.45, 7) is 7.34. The van der Waals surface area contributed by atoms with Crippen molar-refractivity contribution in [1.29, 1.82) is 0 Å². The highest BCUT2D eigenvalue weighted by molar-refractivity contribution is 5.40. The molecule has 0 N–H and O–H groups in total. The first kappa shape index (κ1) is 13.5. The van der Waals surface area contributed by atoms with Crippen molar-refractivity contribution in [2.24, 2.45) is 29.6 Å². The average molecular weight is 258 g/mol. The van der Waals surface area contributed by atoms with Gasteiger partial charge in [0.2, 0.25) is 0 Å².